The van der Waals surface area contributed by atoms with E-state index in [1.165, 1.54) is 24.3 Å². The number of aliphatic hydroxyl groups is 1. The third kappa shape index (κ3) is 5.53. The zero-order valence-electron chi connectivity index (χ0n) is 20.3. The summed E-state index contributed by atoms with van der Waals surface area (Å²) >= 11 is 0. The number of piperazine rings is 1. The van der Waals surface area contributed by atoms with Crippen molar-refractivity contribution in [2.75, 3.05) is 44.2 Å². The number of halogens is 1. The van der Waals surface area contributed by atoms with Crippen molar-refractivity contribution in [1.82, 2.24) is 9.21 Å². The number of aliphatic hydroxyl groups excluding tert-OH is 1. The second-order valence-corrected chi connectivity index (χ2v) is 11.1. The number of carbonyl (C=O) groups excluding carboxylic acids is 2. The lowest BCUT2D eigenvalue weighted by atomic mass is 10.1. The number of aryl methyl sites for hydroxylation is 2. The molecule has 1 N–H and O–H groups in total. The maximum absolute atomic E-state index is 13.2. The number of rotatable bonds is 6. The number of hydrogen-bond donors (Lipinski definition) is 1. The number of benzene rings is 2. The topological polar surface area (TPSA) is 107 Å². The van der Waals surface area contributed by atoms with Crippen LogP contribution < -0.4 is 4.90 Å². The van der Waals surface area contributed by atoms with Gasteiger partial charge in [0.25, 0.3) is 5.91 Å². The van der Waals surface area contributed by atoms with Crippen LogP contribution in [0.15, 0.2) is 47.4 Å². The van der Waals surface area contributed by atoms with E-state index in [1.54, 1.807) is 30.0 Å². The SMILES string of the molecule is Cc1ccc(S(=O)(=O)N2C[C@@H](O)C[C@H]2C(=O)OCC(=O)N2CCN(c3ccc(F)cc3)CC2)cc1C. The lowest BCUT2D eigenvalue weighted by Gasteiger charge is -2.36. The first-order valence-corrected chi connectivity index (χ1v) is 13.2. The number of nitrogens with zero attached hydrogens (tertiary/aromatic N) is 3. The van der Waals surface area contributed by atoms with Gasteiger partial charge in [0.05, 0.1) is 11.0 Å². The Bertz CT molecular complexity index is 1230. The monoisotopic (exact) mass is 519 g/mol. The summed E-state index contributed by atoms with van der Waals surface area (Å²) in [6, 6.07) is 9.62. The van der Waals surface area contributed by atoms with E-state index >= 15 is 0 Å². The van der Waals surface area contributed by atoms with Gasteiger partial charge in [-0.15, -0.1) is 0 Å². The predicted octanol–water partition coefficient (Wildman–Crippen LogP) is 1.46. The van der Waals surface area contributed by atoms with Crippen molar-refractivity contribution in [3.05, 3.63) is 59.4 Å². The Morgan fingerprint density at radius 1 is 1.03 bits per heavy atom. The average Bonchev–Trinajstić information content (AvgIpc) is 3.27. The van der Waals surface area contributed by atoms with Crippen molar-refractivity contribution < 1.29 is 32.2 Å². The third-order valence-electron chi connectivity index (χ3n) is 6.75. The Hall–Kier alpha value is -3.02. The van der Waals surface area contributed by atoms with Crippen LogP contribution in [0.25, 0.3) is 0 Å². The van der Waals surface area contributed by atoms with Gasteiger partial charge >= 0.3 is 5.97 Å². The smallest absolute Gasteiger partial charge is 0.325 e. The van der Waals surface area contributed by atoms with Crippen LogP contribution in [0.2, 0.25) is 0 Å². The van der Waals surface area contributed by atoms with Gasteiger partial charge in [0, 0.05) is 44.8 Å². The molecule has 0 saturated carbocycles. The van der Waals surface area contributed by atoms with Crippen LogP contribution in [0.5, 0.6) is 0 Å². The van der Waals surface area contributed by atoms with Crippen LogP contribution >= 0.6 is 0 Å². The van der Waals surface area contributed by atoms with E-state index in [1.807, 2.05) is 11.8 Å². The summed E-state index contributed by atoms with van der Waals surface area (Å²) in [7, 11) is -4.05. The molecule has 36 heavy (non-hydrogen) atoms. The van der Waals surface area contributed by atoms with Gasteiger partial charge in [-0.1, -0.05) is 6.07 Å². The van der Waals surface area contributed by atoms with E-state index in [2.05, 4.69) is 0 Å². The quantitative estimate of drug-likeness (QED) is 0.576. The number of amides is 1. The number of anilines is 1. The van der Waals surface area contributed by atoms with Crippen molar-refractivity contribution in [1.29, 1.82) is 0 Å². The van der Waals surface area contributed by atoms with Gasteiger partial charge in [-0.3, -0.25) is 9.59 Å². The lowest BCUT2D eigenvalue weighted by molar-refractivity contribution is -0.154. The Balaban J connectivity index is 1.34. The van der Waals surface area contributed by atoms with Crippen LogP contribution in [0, 0.1) is 19.7 Å². The first kappa shape index (κ1) is 26.1. The van der Waals surface area contributed by atoms with Crippen molar-refractivity contribution >= 4 is 27.6 Å². The third-order valence-corrected chi connectivity index (χ3v) is 8.62. The van der Waals surface area contributed by atoms with Gasteiger partial charge < -0.3 is 19.6 Å². The molecule has 1 amide bonds. The number of sulfonamides is 1. The highest BCUT2D eigenvalue weighted by Crippen LogP contribution is 2.28. The molecule has 11 heteroatoms. The Morgan fingerprint density at radius 2 is 1.69 bits per heavy atom. The molecule has 2 aromatic rings. The number of carbonyl (C=O) groups is 2. The fourth-order valence-electron chi connectivity index (χ4n) is 4.46. The molecule has 0 bridgehead atoms. The van der Waals surface area contributed by atoms with E-state index in [0.29, 0.717) is 26.2 Å². The fraction of sp³-hybridized carbons (Fsp3) is 0.440. The van der Waals surface area contributed by atoms with Crippen molar-refractivity contribution in [2.24, 2.45) is 0 Å². The van der Waals surface area contributed by atoms with Crippen molar-refractivity contribution in [3.8, 4) is 0 Å². The molecular formula is C25H30FN3O6S. The molecule has 0 unspecified atom stereocenters. The zero-order chi connectivity index (χ0) is 26.0. The molecule has 2 aliphatic heterocycles. The fourth-order valence-corrected chi connectivity index (χ4v) is 6.17. The maximum Gasteiger partial charge on any atom is 0.325 e. The second-order valence-electron chi connectivity index (χ2n) is 9.18. The number of β-amino-alcohol motifs (C(OH)–C–C–N with tert-alkyl or cyclic N) is 1. The summed E-state index contributed by atoms with van der Waals surface area (Å²) in [5.74, 6) is -1.56. The first-order valence-electron chi connectivity index (χ1n) is 11.8. The lowest BCUT2D eigenvalue weighted by Crippen LogP contribution is -2.50. The molecule has 0 aromatic heterocycles. The van der Waals surface area contributed by atoms with Crippen LogP contribution in [0.1, 0.15) is 17.5 Å². The van der Waals surface area contributed by atoms with E-state index in [0.717, 1.165) is 21.1 Å². The van der Waals surface area contributed by atoms with E-state index in [-0.39, 0.29) is 29.6 Å². The number of hydrogen-bond acceptors (Lipinski definition) is 7. The molecule has 2 heterocycles. The van der Waals surface area contributed by atoms with Gasteiger partial charge in [-0.25, -0.2) is 12.8 Å². The molecule has 0 radical (unpaired) electrons. The first-order chi connectivity index (χ1) is 17.1. The minimum absolute atomic E-state index is 0.0348. The van der Waals surface area contributed by atoms with Gasteiger partial charge in [0.15, 0.2) is 6.61 Å². The van der Waals surface area contributed by atoms with E-state index in [4.69, 9.17) is 4.74 Å². The molecule has 0 spiro atoms. The van der Waals surface area contributed by atoms with Crippen molar-refractivity contribution in [2.45, 2.75) is 37.3 Å². The minimum atomic E-state index is -4.05. The summed E-state index contributed by atoms with van der Waals surface area (Å²) in [4.78, 5) is 29.1. The van der Waals surface area contributed by atoms with Crippen LogP contribution in [-0.2, 0) is 24.3 Å². The Morgan fingerprint density at radius 3 is 2.33 bits per heavy atom. The highest BCUT2D eigenvalue weighted by atomic mass is 32.2. The summed E-state index contributed by atoms with van der Waals surface area (Å²) < 4.78 is 45.8. The second kappa shape index (κ2) is 10.5. The number of esters is 1. The Labute approximate surface area is 210 Å². The molecule has 2 fully saturated rings. The van der Waals surface area contributed by atoms with Gasteiger partial charge in [0.1, 0.15) is 11.9 Å². The molecule has 9 nitrogen and oxygen atoms in total. The molecule has 2 saturated heterocycles. The van der Waals surface area contributed by atoms with Crippen LogP contribution in [0.3, 0.4) is 0 Å². The summed E-state index contributed by atoms with van der Waals surface area (Å²) in [5, 5.41) is 10.1. The Kier molecular flexibility index (Phi) is 7.62. The summed E-state index contributed by atoms with van der Waals surface area (Å²) in [5.41, 5.74) is 2.59. The molecule has 194 valence electrons. The van der Waals surface area contributed by atoms with Gasteiger partial charge in [-0.2, -0.15) is 4.31 Å². The van der Waals surface area contributed by atoms with Crippen LogP contribution in [0.4, 0.5) is 10.1 Å². The standard InChI is InChI=1S/C25H30FN3O6S/c1-17-3-8-22(13-18(17)2)36(33,34)29-15-21(30)14-23(29)25(32)35-16-24(31)28-11-9-27(10-12-28)20-6-4-19(26)5-7-20/h3-8,13,21,23,30H,9-12,14-16H2,1-2H3/t21-,23-/m0/s1. The minimum Gasteiger partial charge on any atom is -0.454 e. The van der Waals surface area contributed by atoms with E-state index < -0.39 is 34.7 Å². The summed E-state index contributed by atoms with van der Waals surface area (Å²) in [6.07, 6.45) is -1.12. The van der Waals surface area contributed by atoms with Gasteiger partial charge in [-0.05, 0) is 61.4 Å². The molecule has 2 aromatic carbocycles. The van der Waals surface area contributed by atoms with Crippen LogP contribution in [-0.4, -0.2) is 86.1 Å². The average molecular weight is 520 g/mol. The zero-order valence-corrected chi connectivity index (χ0v) is 21.1. The normalized spacial score (nSPS) is 21.0. The summed E-state index contributed by atoms with van der Waals surface area (Å²) in [6.45, 7) is 4.82. The molecule has 4 rings (SSSR count). The molecule has 2 aliphatic rings. The largest absolute Gasteiger partial charge is 0.454 e. The highest BCUT2D eigenvalue weighted by molar-refractivity contribution is 7.89. The van der Waals surface area contributed by atoms with Gasteiger partial charge in [0.2, 0.25) is 10.0 Å². The molecule has 0 aliphatic carbocycles. The maximum atomic E-state index is 13.2. The predicted molar refractivity (Wildman–Crippen MR) is 130 cm³/mol. The number of ether oxygens (including phenoxy) is 1. The highest BCUT2D eigenvalue weighted by Gasteiger charge is 2.44. The van der Waals surface area contributed by atoms with Crippen molar-refractivity contribution in [3.63, 3.8) is 0 Å². The molecule has 2 atom stereocenters. The van der Waals surface area contributed by atoms with E-state index in [9.17, 15) is 27.5 Å². The molecular weight excluding hydrogens is 489 g/mol.